The standard InChI is InChI=1S/C14H17ClN2O3/c1-2-16-14(19)13-9-20-6-5-17(13)11-4-3-10(8-18)12(15)7-11/h3-4,7-8,13H,2,5-6,9H2,1H3,(H,16,19). The summed E-state index contributed by atoms with van der Waals surface area (Å²) >= 11 is 6.05. The van der Waals surface area contributed by atoms with Crippen molar-refractivity contribution in [2.45, 2.75) is 13.0 Å². The molecule has 0 aromatic heterocycles. The van der Waals surface area contributed by atoms with Gasteiger partial charge in [0.05, 0.1) is 18.2 Å². The second kappa shape index (κ2) is 6.72. The molecule has 1 aliphatic heterocycles. The van der Waals surface area contributed by atoms with Crippen molar-refractivity contribution in [1.82, 2.24) is 5.32 Å². The first kappa shape index (κ1) is 14.8. The van der Waals surface area contributed by atoms with Gasteiger partial charge in [-0.1, -0.05) is 11.6 Å². The van der Waals surface area contributed by atoms with Gasteiger partial charge in [-0.15, -0.1) is 0 Å². The zero-order chi connectivity index (χ0) is 14.5. The number of nitrogens with one attached hydrogen (secondary N) is 1. The highest BCUT2D eigenvalue weighted by Crippen LogP contribution is 2.25. The van der Waals surface area contributed by atoms with Gasteiger partial charge < -0.3 is 15.0 Å². The third-order valence-corrected chi connectivity index (χ3v) is 3.55. The van der Waals surface area contributed by atoms with E-state index in [1.807, 2.05) is 11.8 Å². The molecule has 108 valence electrons. The van der Waals surface area contributed by atoms with Crippen LogP contribution in [0.4, 0.5) is 5.69 Å². The molecule has 1 N–H and O–H groups in total. The molecule has 1 aromatic rings. The number of carbonyl (C=O) groups excluding carboxylic acids is 2. The Bertz CT molecular complexity index is 507. The Morgan fingerprint density at radius 3 is 3.05 bits per heavy atom. The van der Waals surface area contributed by atoms with E-state index in [4.69, 9.17) is 16.3 Å². The van der Waals surface area contributed by atoms with Crippen LogP contribution in [0.3, 0.4) is 0 Å². The molecule has 5 nitrogen and oxygen atoms in total. The Balaban J connectivity index is 2.25. The topological polar surface area (TPSA) is 58.6 Å². The lowest BCUT2D eigenvalue weighted by Crippen LogP contribution is -2.54. The van der Waals surface area contributed by atoms with Crippen LogP contribution in [0.2, 0.25) is 5.02 Å². The SMILES string of the molecule is CCNC(=O)C1COCCN1c1ccc(C=O)c(Cl)c1. The van der Waals surface area contributed by atoms with E-state index in [0.29, 0.717) is 43.2 Å². The van der Waals surface area contributed by atoms with Gasteiger partial charge >= 0.3 is 0 Å². The quantitative estimate of drug-likeness (QED) is 0.855. The van der Waals surface area contributed by atoms with E-state index in [1.54, 1.807) is 18.2 Å². The van der Waals surface area contributed by atoms with Crippen LogP contribution >= 0.6 is 11.6 Å². The molecule has 1 fully saturated rings. The van der Waals surface area contributed by atoms with Gasteiger partial charge in [-0.2, -0.15) is 0 Å². The van der Waals surface area contributed by atoms with Crippen molar-refractivity contribution in [3.05, 3.63) is 28.8 Å². The first-order valence-electron chi connectivity index (χ1n) is 6.54. The number of hydrogen-bond donors (Lipinski definition) is 1. The highest BCUT2D eigenvalue weighted by atomic mass is 35.5. The molecule has 20 heavy (non-hydrogen) atoms. The largest absolute Gasteiger partial charge is 0.377 e. The summed E-state index contributed by atoms with van der Waals surface area (Å²) in [5, 5.41) is 3.19. The molecule has 1 aliphatic rings. The van der Waals surface area contributed by atoms with Crippen LogP contribution in [0.1, 0.15) is 17.3 Å². The smallest absolute Gasteiger partial charge is 0.245 e. The van der Waals surface area contributed by atoms with Crippen LogP contribution in [0.25, 0.3) is 0 Å². The molecular weight excluding hydrogens is 280 g/mol. The van der Waals surface area contributed by atoms with Crippen molar-refractivity contribution >= 4 is 29.5 Å². The molecule has 2 rings (SSSR count). The van der Waals surface area contributed by atoms with Gasteiger partial charge in [-0.3, -0.25) is 9.59 Å². The average molecular weight is 297 g/mol. The van der Waals surface area contributed by atoms with Gasteiger partial charge in [-0.25, -0.2) is 0 Å². The van der Waals surface area contributed by atoms with Crippen molar-refractivity contribution in [1.29, 1.82) is 0 Å². The van der Waals surface area contributed by atoms with Crippen LogP contribution < -0.4 is 10.2 Å². The van der Waals surface area contributed by atoms with Gasteiger partial charge in [0.15, 0.2) is 6.29 Å². The number of benzene rings is 1. The van der Waals surface area contributed by atoms with Crippen LogP contribution in [0, 0.1) is 0 Å². The third kappa shape index (κ3) is 3.11. The molecule has 1 aromatic carbocycles. The van der Waals surface area contributed by atoms with Crippen molar-refractivity contribution in [2.75, 3.05) is 31.2 Å². The number of hydrogen-bond acceptors (Lipinski definition) is 4. The van der Waals surface area contributed by atoms with E-state index >= 15 is 0 Å². The summed E-state index contributed by atoms with van der Waals surface area (Å²) in [5.41, 5.74) is 1.26. The van der Waals surface area contributed by atoms with E-state index in [2.05, 4.69) is 5.32 Å². The molecule has 1 atom stereocenters. The van der Waals surface area contributed by atoms with Gasteiger partial charge in [0.1, 0.15) is 6.04 Å². The van der Waals surface area contributed by atoms with Crippen LogP contribution in [0.5, 0.6) is 0 Å². The second-order valence-corrected chi connectivity index (χ2v) is 4.91. The molecule has 1 saturated heterocycles. The number of morpholine rings is 1. The zero-order valence-electron chi connectivity index (χ0n) is 11.3. The third-order valence-electron chi connectivity index (χ3n) is 3.22. The van der Waals surface area contributed by atoms with Crippen molar-refractivity contribution in [3.8, 4) is 0 Å². The Morgan fingerprint density at radius 2 is 2.40 bits per heavy atom. The fraction of sp³-hybridized carbons (Fsp3) is 0.429. The first-order chi connectivity index (χ1) is 9.67. The van der Waals surface area contributed by atoms with Gasteiger partial charge in [-0.05, 0) is 25.1 Å². The number of ether oxygens (including phenoxy) is 1. The summed E-state index contributed by atoms with van der Waals surface area (Å²) < 4.78 is 5.38. The zero-order valence-corrected chi connectivity index (χ0v) is 12.0. The number of halogens is 1. The van der Waals surface area contributed by atoms with Crippen LogP contribution in [-0.4, -0.2) is 44.5 Å². The highest BCUT2D eigenvalue weighted by Gasteiger charge is 2.29. The van der Waals surface area contributed by atoms with Gasteiger partial charge in [0.2, 0.25) is 5.91 Å². The lowest BCUT2D eigenvalue weighted by Gasteiger charge is -2.36. The number of carbonyl (C=O) groups is 2. The molecule has 0 aliphatic carbocycles. The fourth-order valence-electron chi connectivity index (χ4n) is 2.21. The Kier molecular flexibility index (Phi) is 4.98. The fourth-order valence-corrected chi connectivity index (χ4v) is 2.43. The predicted octanol–water partition coefficient (Wildman–Crippen LogP) is 1.49. The van der Waals surface area contributed by atoms with Gasteiger partial charge in [0.25, 0.3) is 0 Å². The van der Waals surface area contributed by atoms with Crippen LogP contribution in [0.15, 0.2) is 18.2 Å². The second-order valence-electron chi connectivity index (χ2n) is 4.50. The molecule has 1 heterocycles. The summed E-state index contributed by atoms with van der Waals surface area (Å²) in [7, 11) is 0. The summed E-state index contributed by atoms with van der Waals surface area (Å²) in [6, 6.07) is 4.80. The summed E-state index contributed by atoms with van der Waals surface area (Å²) in [6.45, 7) is 3.97. The number of aldehydes is 1. The predicted molar refractivity (Wildman–Crippen MR) is 77.5 cm³/mol. The number of amides is 1. The van der Waals surface area contributed by atoms with Crippen molar-refractivity contribution in [3.63, 3.8) is 0 Å². The minimum absolute atomic E-state index is 0.0669. The maximum absolute atomic E-state index is 12.1. The Morgan fingerprint density at radius 1 is 1.60 bits per heavy atom. The monoisotopic (exact) mass is 296 g/mol. The van der Waals surface area contributed by atoms with Crippen LogP contribution in [-0.2, 0) is 9.53 Å². The minimum atomic E-state index is -0.373. The lowest BCUT2D eigenvalue weighted by molar-refractivity contribution is -0.124. The molecule has 0 spiro atoms. The molecule has 6 heteroatoms. The van der Waals surface area contributed by atoms with E-state index in [9.17, 15) is 9.59 Å². The minimum Gasteiger partial charge on any atom is -0.377 e. The number of anilines is 1. The first-order valence-corrected chi connectivity index (χ1v) is 6.92. The van der Waals surface area contributed by atoms with E-state index in [-0.39, 0.29) is 11.9 Å². The summed E-state index contributed by atoms with van der Waals surface area (Å²) in [6.07, 6.45) is 0.715. The van der Waals surface area contributed by atoms with Crippen molar-refractivity contribution in [2.24, 2.45) is 0 Å². The maximum Gasteiger partial charge on any atom is 0.245 e. The lowest BCUT2D eigenvalue weighted by atomic mass is 10.1. The number of rotatable bonds is 4. The summed E-state index contributed by atoms with van der Waals surface area (Å²) in [5.74, 6) is -0.0669. The molecule has 0 saturated carbocycles. The maximum atomic E-state index is 12.1. The normalized spacial score (nSPS) is 18.7. The van der Waals surface area contributed by atoms with Crippen molar-refractivity contribution < 1.29 is 14.3 Å². The number of nitrogens with zero attached hydrogens (tertiary/aromatic N) is 1. The van der Waals surface area contributed by atoms with E-state index in [1.165, 1.54) is 0 Å². The molecule has 0 radical (unpaired) electrons. The number of likely N-dealkylation sites (N-methyl/N-ethyl adjacent to an activating group) is 1. The van der Waals surface area contributed by atoms with E-state index in [0.717, 1.165) is 5.69 Å². The Labute approximate surface area is 122 Å². The molecule has 0 bridgehead atoms. The van der Waals surface area contributed by atoms with E-state index < -0.39 is 0 Å². The molecular formula is C14H17ClN2O3. The Hall–Kier alpha value is -1.59. The molecule has 1 unspecified atom stereocenters. The van der Waals surface area contributed by atoms with Gasteiger partial charge in [0, 0.05) is 24.3 Å². The molecule has 1 amide bonds. The summed E-state index contributed by atoms with van der Waals surface area (Å²) in [4.78, 5) is 24.8. The highest BCUT2D eigenvalue weighted by molar-refractivity contribution is 6.33. The average Bonchev–Trinajstić information content (AvgIpc) is 2.47.